The minimum absolute atomic E-state index is 0.0284. The number of rotatable bonds is 6. The van der Waals surface area contributed by atoms with Crippen LogP contribution in [-0.4, -0.2) is 45.0 Å². The molecule has 0 radical (unpaired) electrons. The average molecular weight is 433 g/mol. The second-order valence-electron chi connectivity index (χ2n) is 6.23. The molecule has 1 aromatic heterocycles. The van der Waals surface area contributed by atoms with Crippen molar-refractivity contribution in [3.05, 3.63) is 64.0 Å². The number of carbonyl (C=O) groups excluding carboxylic acids is 2. The van der Waals surface area contributed by atoms with Crippen molar-refractivity contribution < 1.29 is 19.5 Å². The molecular formula is C19H16N2O4S3. The summed E-state index contributed by atoms with van der Waals surface area (Å²) in [7, 11) is 0. The maximum absolute atomic E-state index is 12.6. The van der Waals surface area contributed by atoms with Crippen molar-refractivity contribution in [1.29, 1.82) is 0 Å². The van der Waals surface area contributed by atoms with E-state index < -0.39 is 12.0 Å². The van der Waals surface area contributed by atoms with Crippen LogP contribution in [0.25, 0.3) is 0 Å². The van der Waals surface area contributed by atoms with E-state index in [1.807, 2.05) is 47.8 Å². The summed E-state index contributed by atoms with van der Waals surface area (Å²) >= 11 is 4.39. The third-order valence-corrected chi connectivity index (χ3v) is 7.96. The quantitative estimate of drug-likeness (QED) is 0.683. The molecule has 2 aromatic rings. The van der Waals surface area contributed by atoms with Gasteiger partial charge in [0.2, 0.25) is 5.91 Å². The van der Waals surface area contributed by atoms with Crippen LogP contribution in [0.1, 0.15) is 5.56 Å². The van der Waals surface area contributed by atoms with Crippen LogP contribution in [-0.2, 0) is 20.8 Å². The van der Waals surface area contributed by atoms with Gasteiger partial charge >= 0.3 is 5.97 Å². The Hall–Kier alpha value is -2.23. The third kappa shape index (κ3) is 3.69. The van der Waals surface area contributed by atoms with Crippen LogP contribution in [0.15, 0.2) is 62.7 Å². The van der Waals surface area contributed by atoms with Gasteiger partial charge in [0, 0.05) is 10.7 Å². The fourth-order valence-electron chi connectivity index (χ4n) is 3.12. The lowest BCUT2D eigenvalue weighted by molar-refractivity contribution is -0.150. The van der Waals surface area contributed by atoms with Crippen LogP contribution >= 0.6 is 34.9 Å². The number of hydrogen-bond donors (Lipinski definition) is 2. The molecule has 28 heavy (non-hydrogen) atoms. The van der Waals surface area contributed by atoms with Gasteiger partial charge in [0.15, 0.2) is 0 Å². The van der Waals surface area contributed by atoms with Crippen molar-refractivity contribution in [3.8, 4) is 0 Å². The van der Waals surface area contributed by atoms with E-state index in [1.54, 1.807) is 0 Å². The lowest BCUT2D eigenvalue weighted by atomic mass is 10.0. The van der Waals surface area contributed by atoms with Gasteiger partial charge in [-0.15, -0.1) is 23.1 Å². The first-order valence-corrected chi connectivity index (χ1v) is 11.2. The van der Waals surface area contributed by atoms with Crippen molar-refractivity contribution in [3.63, 3.8) is 0 Å². The number of thioether (sulfide) groups is 2. The number of benzene rings is 1. The van der Waals surface area contributed by atoms with Crippen molar-refractivity contribution >= 4 is 52.6 Å². The van der Waals surface area contributed by atoms with E-state index in [4.69, 9.17) is 0 Å². The monoisotopic (exact) mass is 432 g/mol. The number of amides is 2. The number of β-lactam (4-membered cyclic amide) rings is 1. The standard InChI is InChI=1S/C19H16N2O4S3/c22-13(9-11-5-2-1-3-6-11)20-15-17(23)21-16(19(24)25)12(10-27-18(15)21)28-14-7-4-8-26-14/h1-8,15,18H,9-10H2,(H,20,22)(H,24,25)/t15-,18-/m1/s1. The molecule has 6 nitrogen and oxygen atoms in total. The van der Waals surface area contributed by atoms with Gasteiger partial charge in [-0.3, -0.25) is 14.5 Å². The van der Waals surface area contributed by atoms with E-state index in [0.29, 0.717) is 10.7 Å². The van der Waals surface area contributed by atoms with Crippen molar-refractivity contribution in [2.45, 2.75) is 22.0 Å². The first-order chi connectivity index (χ1) is 13.5. The van der Waals surface area contributed by atoms with Gasteiger partial charge in [-0.05, 0) is 17.0 Å². The fraction of sp³-hybridized carbons (Fsp3) is 0.211. The number of fused-ring (bicyclic) bond motifs is 1. The van der Waals surface area contributed by atoms with Crippen LogP contribution in [0.4, 0.5) is 0 Å². The molecule has 1 aromatic carbocycles. The zero-order valence-electron chi connectivity index (χ0n) is 14.5. The first-order valence-electron chi connectivity index (χ1n) is 8.50. The maximum Gasteiger partial charge on any atom is 0.353 e. The number of nitrogens with zero attached hydrogens (tertiary/aromatic N) is 1. The zero-order valence-corrected chi connectivity index (χ0v) is 17.0. The number of thiophene rings is 1. The highest BCUT2D eigenvalue weighted by molar-refractivity contribution is 8.07. The Bertz CT molecular complexity index is 943. The van der Waals surface area contributed by atoms with Crippen LogP contribution < -0.4 is 5.32 Å². The van der Waals surface area contributed by atoms with Crippen LogP contribution in [0.3, 0.4) is 0 Å². The average Bonchev–Trinajstić information content (AvgIpc) is 3.19. The summed E-state index contributed by atoms with van der Waals surface area (Å²) in [6.07, 6.45) is 0.184. The summed E-state index contributed by atoms with van der Waals surface area (Å²) in [4.78, 5) is 38.7. The van der Waals surface area contributed by atoms with Gasteiger partial charge in [0.05, 0.1) is 10.6 Å². The molecule has 2 amide bonds. The van der Waals surface area contributed by atoms with Crippen molar-refractivity contribution in [2.75, 3.05) is 5.75 Å². The Balaban J connectivity index is 1.47. The summed E-state index contributed by atoms with van der Waals surface area (Å²) in [6.45, 7) is 0. The van der Waals surface area contributed by atoms with E-state index in [-0.39, 0.29) is 29.3 Å². The van der Waals surface area contributed by atoms with Gasteiger partial charge in [-0.1, -0.05) is 48.2 Å². The molecule has 1 fully saturated rings. The van der Waals surface area contributed by atoms with Crippen molar-refractivity contribution in [2.24, 2.45) is 0 Å². The zero-order chi connectivity index (χ0) is 19.7. The summed E-state index contributed by atoms with van der Waals surface area (Å²) in [6, 6.07) is 12.4. The molecule has 3 heterocycles. The molecule has 9 heteroatoms. The molecule has 0 aliphatic carbocycles. The molecule has 2 N–H and O–H groups in total. The van der Waals surface area contributed by atoms with Crippen LogP contribution in [0, 0.1) is 0 Å². The summed E-state index contributed by atoms with van der Waals surface area (Å²) in [5, 5.41) is 14.0. The summed E-state index contributed by atoms with van der Waals surface area (Å²) in [5.41, 5.74) is 0.890. The van der Waals surface area contributed by atoms with Crippen molar-refractivity contribution in [1.82, 2.24) is 10.2 Å². The van der Waals surface area contributed by atoms with Crippen LogP contribution in [0.5, 0.6) is 0 Å². The van der Waals surface area contributed by atoms with E-state index in [9.17, 15) is 19.5 Å². The van der Waals surface area contributed by atoms with Gasteiger partial charge in [0.1, 0.15) is 17.1 Å². The lowest BCUT2D eigenvalue weighted by Crippen LogP contribution is -2.70. The minimum atomic E-state index is -1.12. The second kappa shape index (κ2) is 8.02. The number of carbonyl (C=O) groups is 3. The predicted molar refractivity (Wildman–Crippen MR) is 110 cm³/mol. The molecule has 144 valence electrons. The Morgan fingerprint density at radius 1 is 1.21 bits per heavy atom. The number of nitrogens with one attached hydrogen (secondary N) is 1. The SMILES string of the molecule is O=C(Cc1ccccc1)N[C@@H]1C(=O)N2C(C(=O)O)=C(Sc3cccs3)CS[C@H]12. The maximum atomic E-state index is 12.6. The first kappa shape index (κ1) is 19.1. The van der Waals surface area contributed by atoms with E-state index >= 15 is 0 Å². The van der Waals surface area contributed by atoms with E-state index in [2.05, 4.69) is 5.32 Å². The minimum Gasteiger partial charge on any atom is -0.477 e. The highest BCUT2D eigenvalue weighted by atomic mass is 32.2. The molecule has 0 saturated carbocycles. The second-order valence-corrected chi connectivity index (χ2v) is 9.68. The molecule has 2 aliphatic heterocycles. The van der Waals surface area contributed by atoms with Gasteiger partial charge in [-0.25, -0.2) is 4.79 Å². The topological polar surface area (TPSA) is 86.7 Å². The molecule has 4 rings (SSSR count). The molecular weight excluding hydrogens is 416 g/mol. The fourth-order valence-corrected chi connectivity index (χ4v) is 6.53. The van der Waals surface area contributed by atoms with E-state index in [0.717, 1.165) is 9.77 Å². The van der Waals surface area contributed by atoms with Gasteiger partial charge in [0.25, 0.3) is 5.91 Å². The smallest absolute Gasteiger partial charge is 0.353 e. The predicted octanol–water partition coefficient (Wildman–Crippen LogP) is 2.78. The van der Waals surface area contributed by atoms with Gasteiger partial charge in [-0.2, -0.15) is 0 Å². The van der Waals surface area contributed by atoms with Gasteiger partial charge < -0.3 is 10.4 Å². The normalized spacial score (nSPS) is 21.1. The number of aliphatic carboxylic acids is 1. The molecule has 2 atom stereocenters. The Morgan fingerprint density at radius 2 is 2.00 bits per heavy atom. The Kier molecular flexibility index (Phi) is 5.47. The number of carboxylic acids is 1. The molecule has 1 saturated heterocycles. The lowest BCUT2D eigenvalue weighted by Gasteiger charge is -2.49. The molecule has 0 spiro atoms. The summed E-state index contributed by atoms with van der Waals surface area (Å²) in [5.74, 6) is -1.25. The van der Waals surface area contributed by atoms with E-state index in [1.165, 1.54) is 39.8 Å². The van der Waals surface area contributed by atoms with Crippen LogP contribution in [0.2, 0.25) is 0 Å². The number of carboxylic acid groups (broad SMARTS) is 1. The Labute approximate surface area is 174 Å². The highest BCUT2D eigenvalue weighted by Gasteiger charge is 2.54. The largest absolute Gasteiger partial charge is 0.477 e. The Morgan fingerprint density at radius 3 is 2.68 bits per heavy atom. The molecule has 0 bridgehead atoms. The highest BCUT2D eigenvalue weighted by Crippen LogP contribution is 2.45. The molecule has 2 aliphatic rings. The summed E-state index contributed by atoms with van der Waals surface area (Å²) < 4.78 is 0.980. The third-order valence-electron chi connectivity index (χ3n) is 4.38. The molecule has 0 unspecified atom stereocenters. The number of hydrogen-bond acceptors (Lipinski definition) is 6.